The van der Waals surface area contributed by atoms with Crippen LogP contribution in [0.3, 0.4) is 0 Å². The molecule has 3 heterocycles. The van der Waals surface area contributed by atoms with E-state index in [1.807, 2.05) is 36.3 Å². The monoisotopic (exact) mass is 301 g/mol. The number of rotatable bonds is 2. The number of benzene rings is 1. The lowest BCUT2D eigenvalue weighted by Gasteiger charge is -2.34. The van der Waals surface area contributed by atoms with E-state index in [-0.39, 0.29) is 17.9 Å². The predicted molar refractivity (Wildman–Crippen MR) is 81.3 cm³/mol. The van der Waals surface area contributed by atoms with Gasteiger partial charge < -0.3 is 5.32 Å². The summed E-state index contributed by atoms with van der Waals surface area (Å²) < 4.78 is 15.9. The summed E-state index contributed by atoms with van der Waals surface area (Å²) in [5.74, 6) is 0.210. The molecular formula is C16H20FN5. The van der Waals surface area contributed by atoms with Crippen molar-refractivity contribution in [3.63, 3.8) is 0 Å². The second-order valence-electron chi connectivity index (χ2n) is 6.20. The van der Waals surface area contributed by atoms with Crippen LogP contribution in [-0.2, 0) is 7.05 Å². The zero-order valence-electron chi connectivity index (χ0n) is 12.5. The van der Waals surface area contributed by atoms with E-state index in [1.54, 1.807) is 6.07 Å². The topological polar surface area (TPSA) is 53.9 Å². The Kier molecular flexibility index (Phi) is 3.44. The van der Waals surface area contributed by atoms with Crippen molar-refractivity contribution in [2.24, 2.45) is 13.0 Å². The molecule has 2 aliphatic heterocycles. The molecule has 1 aromatic heterocycles. The third kappa shape index (κ3) is 2.33. The van der Waals surface area contributed by atoms with Crippen LogP contribution in [0.4, 0.5) is 4.39 Å². The molecule has 2 saturated heterocycles. The Labute approximate surface area is 128 Å². The SMILES string of the molecule is Cn1cc(C2CC3C(CN2)NNC3c2ccccc2F)cn1. The van der Waals surface area contributed by atoms with Crippen LogP contribution in [0.1, 0.15) is 29.6 Å². The Morgan fingerprint density at radius 2 is 2.14 bits per heavy atom. The highest BCUT2D eigenvalue weighted by molar-refractivity contribution is 5.25. The first-order valence-electron chi connectivity index (χ1n) is 7.70. The zero-order chi connectivity index (χ0) is 15.1. The molecule has 0 aliphatic carbocycles. The van der Waals surface area contributed by atoms with E-state index in [0.29, 0.717) is 12.0 Å². The van der Waals surface area contributed by atoms with Gasteiger partial charge in [0.05, 0.1) is 12.2 Å². The molecule has 0 bridgehead atoms. The van der Waals surface area contributed by atoms with E-state index >= 15 is 0 Å². The summed E-state index contributed by atoms with van der Waals surface area (Å²) in [6.45, 7) is 0.863. The normalized spacial score (nSPS) is 31.2. The van der Waals surface area contributed by atoms with Crippen molar-refractivity contribution in [2.75, 3.05) is 6.54 Å². The van der Waals surface area contributed by atoms with Gasteiger partial charge in [0.15, 0.2) is 0 Å². The summed E-state index contributed by atoms with van der Waals surface area (Å²) in [6.07, 6.45) is 4.91. The summed E-state index contributed by atoms with van der Waals surface area (Å²) in [5.41, 5.74) is 8.53. The van der Waals surface area contributed by atoms with Crippen molar-refractivity contribution in [2.45, 2.75) is 24.5 Å². The number of hydrogen-bond donors (Lipinski definition) is 3. The highest BCUT2D eigenvalue weighted by atomic mass is 19.1. The fourth-order valence-corrected chi connectivity index (χ4v) is 3.68. The molecule has 3 N–H and O–H groups in total. The number of fused-ring (bicyclic) bond motifs is 1. The number of hydrazine groups is 1. The molecule has 0 spiro atoms. The standard InChI is InChI=1S/C16H20FN5/c1-22-9-10(7-19-22)14-6-12-15(8-18-14)20-21-16(12)11-4-2-3-5-13(11)17/h2-5,7,9,12,14-16,18,20-21H,6,8H2,1H3. The number of nitrogens with zero attached hydrogens (tertiary/aromatic N) is 2. The lowest BCUT2D eigenvalue weighted by Crippen LogP contribution is -2.46. The molecular weight excluding hydrogens is 281 g/mol. The minimum atomic E-state index is -0.140. The van der Waals surface area contributed by atoms with Crippen LogP contribution < -0.4 is 16.2 Å². The van der Waals surface area contributed by atoms with Crippen LogP contribution in [0.25, 0.3) is 0 Å². The maximum absolute atomic E-state index is 14.1. The third-order valence-corrected chi connectivity index (χ3v) is 4.83. The van der Waals surface area contributed by atoms with Gasteiger partial charge in [-0.15, -0.1) is 0 Å². The minimum Gasteiger partial charge on any atom is -0.308 e. The highest BCUT2D eigenvalue weighted by Gasteiger charge is 2.42. The molecule has 4 unspecified atom stereocenters. The Morgan fingerprint density at radius 1 is 1.27 bits per heavy atom. The summed E-state index contributed by atoms with van der Waals surface area (Å²) in [7, 11) is 1.93. The van der Waals surface area contributed by atoms with E-state index in [9.17, 15) is 4.39 Å². The van der Waals surface area contributed by atoms with E-state index < -0.39 is 0 Å². The van der Waals surface area contributed by atoms with Crippen molar-refractivity contribution in [3.8, 4) is 0 Å². The molecule has 0 amide bonds. The molecule has 0 saturated carbocycles. The quantitative estimate of drug-likeness (QED) is 0.785. The number of halogens is 1. The molecule has 5 nitrogen and oxygen atoms in total. The maximum atomic E-state index is 14.1. The zero-order valence-corrected chi connectivity index (χ0v) is 12.5. The molecule has 6 heteroatoms. The summed E-state index contributed by atoms with van der Waals surface area (Å²) >= 11 is 0. The van der Waals surface area contributed by atoms with Crippen LogP contribution >= 0.6 is 0 Å². The van der Waals surface area contributed by atoms with Crippen molar-refractivity contribution in [1.82, 2.24) is 25.9 Å². The number of aromatic nitrogens is 2. The maximum Gasteiger partial charge on any atom is 0.128 e. The van der Waals surface area contributed by atoms with Gasteiger partial charge in [0.25, 0.3) is 0 Å². The molecule has 2 aromatic rings. The molecule has 1 aromatic carbocycles. The molecule has 2 fully saturated rings. The van der Waals surface area contributed by atoms with Crippen LogP contribution in [-0.4, -0.2) is 22.4 Å². The smallest absolute Gasteiger partial charge is 0.128 e. The fourth-order valence-electron chi connectivity index (χ4n) is 3.68. The van der Waals surface area contributed by atoms with Gasteiger partial charge in [-0.3, -0.25) is 10.1 Å². The van der Waals surface area contributed by atoms with Crippen molar-refractivity contribution >= 4 is 0 Å². The largest absolute Gasteiger partial charge is 0.308 e. The molecule has 22 heavy (non-hydrogen) atoms. The number of aryl methyl sites for hydroxylation is 1. The Bertz CT molecular complexity index is 670. The highest BCUT2D eigenvalue weighted by Crippen LogP contribution is 2.38. The fraction of sp³-hybridized carbons (Fsp3) is 0.438. The van der Waals surface area contributed by atoms with Gasteiger partial charge in [-0.1, -0.05) is 18.2 Å². The lowest BCUT2D eigenvalue weighted by atomic mass is 9.80. The first kappa shape index (κ1) is 13.9. The van der Waals surface area contributed by atoms with Gasteiger partial charge >= 0.3 is 0 Å². The Morgan fingerprint density at radius 3 is 2.91 bits per heavy atom. The van der Waals surface area contributed by atoms with Gasteiger partial charge in [-0.25, -0.2) is 9.82 Å². The van der Waals surface area contributed by atoms with E-state index in [0.717, 1.165) is 18.5 Å². The molecule has 116 valence electrons. The summed E-state index contributed by atoms with van der Waals surface area (Å²) in [4.78, 5) is 0. The summed E-state index contributed by atoms with van der Waals surface area (Å²) in [5, 5.41) is 7.81. The van der Waals surface area contributed by atoms with Crippen LogP contribution in [0, 0.1) is 11.7 Å². The van der Waals surface area contributed by atoms with E-state index in [4.69, 9.17) is 0 Å². The Balaban J connectivity index is 1.58. The number of piperidine rings is 1. The van der Waals surface area contributed by atoms with Gasteiger partial charge in [-0.05, 0) is 18.4 Å². The molecule has 0 radical (unpaired) electrons. The van der Waals surface area contributed by atoms with Crippen molar-refractivity contribution < 1.29 is 4.39 Å². The van der Waals surface area contributed by atoms with Crippen molar-refractivity contribution in [1.29, 1.82) is 0 Å². The second kappa shape index (κ2) is 5.46. The molecule has 4 atom stereocenters. The van der Waals surface area contributed by atoms with Gasteiger partial charge in [0.2, 0.25) is 0 Å². The third-order valence-electron chi connectivity index (χ3n) is 4.83. The Hall–Kier alpha value is -1.76. The van der Waals surface area contributed by atoms with Gasteiger partial charge in [0.1, 0.15) is 5.82 Å². The minimum absolute atomic E-state index is 0.00692. The first-order chi connectivity index (χ1) is 10.7. The van der Waals surface area contributed by atoms with Crippen LogP contribution in [0.2, 0.25) is 0 Å². The number of hydrogen-bond acceptors (Lipinski definition) is 4. The number of nitrogens with one attached hydrogen (secondary N) is 3. The van der Waals surface area contributed by atoms with Crippen molar-refractivity contribution in [3.05, 3.63) is 53.6 Å². The average molecular weight is 301 g/mol. The first-order valence-corrected chi connectivity index (χ1v) is 7.70. The van der Waals surface area contributed by atoms with Gasteiger partial charge in [0, 0.05) is 43.0 Å². The summed E-state index contributed by atoms with van der Waals surface area (Å²) in [6, 6.07) is 7.63. The van der Waals surface area contributed by atoms with Crippen LogP contribution in [0.15, 0.2) is 36.7 Å². The van der Waals surface area contributed by atoms with Crippen LogP contribution in [0.5, 0.6) is 0 Å². The van der Waals surface area contributed by atoms with E-state index in [2.05, 4.69) is 21.3 Å². The molecule has 2 aliphatic rings. The van der Waals surface area contributed by atoms with Gasteiger partial charge in [-0.2, -0.15) is 5.10 Å². The average Bonchev–Trinajstić information content (AvgIpc) is 3.13. The molecule has 4 rings (SSSR count). The second-order valence-corrected chi connectivity index (χ2v) is 6.20. The predicted octanol–water partition coefficient (Wildman–Crippen LogP) is 1.43. The van der Waals surface area contributed by atoms with E-state index in [1.165, 1.54) is 11.6 Å². The lowest BCUT2D eigenvalue weighted by molar-refractivity contribution is 0.265.